The average molecular weight is 347 g/mol. The molecule has 1 aliphatic rings. The van der Waals surface area contributed by atoms with Gasteiger partial charge in [0.2, 0.25) is 0 Å². The zero-order valence-electron chi connectivity index (χ0n) is 12.4. The smallest absolute Gasteiger partial charge is 0.149 e. The second-order valence-corrected chi connectivity index (χ2v) is 5.96. The average Bonchev–Trinajstić information content (AvgIpc) is 2.56. The van der Waals surface area contributed by atoms with Crippen molar-refractivity contribution in [2.24, 2.45) is 5.73 Å². The Morgan fingerprint density at radius 1 is 1.30 bits per heavy atom. The molecule has 0 atom stereocenters. The van der Waals surface area contributed by atoms with E-state index in [0.717, 1.165) is 35.7 Å². The summed E-state index contributed by atoms with van der Waals surface area (Å²) in [4.78, 5) is 6.65. The van der Waals surface area contributed by atoms with Gasteiger partial charge in [-0.3, -0.25) is 0 Å². The van der Waals surface area contributed by atoms with E-state index in [1.54, 1.807) is 6.20 Å². The summed E-state index contributed by atoms with van der Waals surface area (Å²) in [6, 6.07) is 7.57. The Hall–Kier alpha value is -1.93. The zero-order valence-corrected chi connectivity index (χ0v) is 14.0. The molecule has 23 heavy (non-hydrogen) atoms. The second-order valence-electron chi connectivity index (χ2n) is 5.15. The van der Waals surface area contributed by atoms with Crippen molar-refractivity contribution in [1.82, 2.24) is 4.98 Å². The molecule has 0 amide bonds. The van der Waals surface area contributed by atoms with Gasteiger partial charge in [-0.25, -0.2) is 4.98 Å². The molecule has 0 saturated heterocycles. The van der Waals surface area contributed by atoms with Gasteiger partial charge in [0, 0.05) is 47.0 Å². The minimum atomic E-state index is 0.328. The van der Waals surface area contributed by atoms with Gasteiger partial charge in [0.15, 0.2) is 0 Å². The standard InChI is InChI=1S/C17H16Cl2N4/c18-14-4-1-5-15(19)13(14)11-23-8-7-21-17-16(23)9-12(10-22-17)3-2-6-20/h1,4-5,9-10H,6-8,11,20H2,(H,21,22). The molecule has 3 N–H and O–H groups in total. The minimum absolute atomic E-state index is 0.328. The highest BCUT2D eigenvalue weighted by molar-refractivity contribution is 6.36. The lowest BCUT2D eigenvalue weighted by Crippen LogP contribution is -2.34. The van der Waals surface area contributed by atoms with Crippen LogP contribution < -0.4 is 16.0 Å². The first-order chi connectivity index (χ1) is 11.2. The summed E-state index contributed by atoms with van der Waals surface area (Å²) in [5, 5.41) is 4.64. The Balaban J connectivity index is 1.94. The number of hydrogen-bond donors (Lipinski definition) is 2. The van der Waals surface area contributed by atoms with Crippen molar-refractivity contribution in [3.05, 3.63) is 51.6 Å². The largest absolute Gasteiger partial charge is 0.367 e. The summed E-state index contributed by atoms with van der Waals surface area (Å²) in [7, 11) is 0. The van der Waals surface area contributed by atoms with Crippen molar-refractivity contribution in [3.8, 4) is 11.8 Å². The van der Waals surface area contributed by atoms with Crippen molar-refractivity contribution < 1.29 is 0 Å². The minimum Gasteiger partial charge on any atom is -0.367 e. The molecule has 0 aliphatic carbocycles. The van der Waals surface area contributed by atoms with Gasteiger partial charge in [-0.2, -0.15) is 0 Å². The molecule has 1 aliphatic heterocycles. The summed E-state index contributed by atoms with van der Waals surface area (Å²) in [6.45, 7) is 2.61. The molecule has 118 valence electrons. The van der Waals surface area contributed by atoms with Crippen molar-refractivity contribution in [2.45, 2.75) is 6.54 Å². The first-order valence-corrected chi connectivity index (χ1v) is 8.05. The predicted octanol–water partition coefficient (Wildman–Crippen LogP) is 3.13. The quantitative estimate of drug-likeness (QED) is 0.820. The molecule has 6 heteroatoms. The number of anilines is 2. The molecule has 0 bridgehead atoms. The molecule has 1 aromatic heterocycles. The van der Waals surface area contributed by atoms with Crippen molar-refractivity contribution in [1.29, 1.82) is 0 Å². The van der Waals surface area contributed by atoms with E-state index in [4.69, 9.17) is 28.9 Å². The Morgan fingerprint density at radius 3 is 2.83 bits per heavy atom. The number of hydrogen-bond acceptors (Lipinski definition) is 4. The van der Waals surface area contributed by atoms with Gasteiger partial charge in [-0.15, -0.1) is 0 Å². The van der Waals surface area contributed by atoms with Gasteiger partial charge in [0.1, 0.15) is 5.82 Å². The fourth-order valence-corrected chi connectivity index (χ4v) is 3.04. The van der Waals surface area contributed by atoms with Crippen LogP contribution in [-0.2, 0) is 6.54 Å². The van der Waals surface area contributed by atoms with Gasteiger partial charge in [0.05, 0.1) is 12.2 Å². The predicted molar refractivity (Wildman–Crippen MR) is 96.2 cm³/mol. The Bertz CT molecular complexity index is 760. The molecule has 3 rings (SSSR count). The van der Waals surface area contributed by atoms with E-state index in [-0.39, 0.29) is 0 Å². The van der Waals surface area contributed by atoms with Gasteiger partial charge in [-0.05, 0) is 18.2 Å². The molecule has 0 unspecified atom stereocenters. The first-order valence-electron chi connectivity index (χ1n) is 7.29. The third-order valence-corrected chi connectivity index (χ3v) is 4.34. The normalized spacial score (nSPS) is 12.9. The molecule has 2 heterocycles. The van der Waals surface area contributed by atoms with E-state index in [0.29, 0.717) is 23.1 Å². The molecule has 0 spiro atoms. The third-order valence-electron chi connectivity index (χ3n) is 3.63. The van der Waals surface area contributed by atoms with Crippen LogP contribution in [0, 0.1) is 11.8 Å². The van der Waals surface area contributed by atoms with E-state index >= 15 is 0 Å². The van der Waals surface area contributed by atoms with Gasteiger partial charge in [0.25, 0.3) is 0 Å². The first kappa shape index (κ1) is 15.9. The number of benzene rings is 1. The van der Waals surface area contributed by atoms with E-state index in [1.807, 2.05) is 24.3 Å². The molecule has 0 fully saturated rings. The van der Waals surface area contributed by atoms with Crippen LogP contribution >= 0.6 is 23.2 Å². The monoisotopic (exact) mass is 346 g/mol. The molecule has 4 nitrogen and oxygen atoms in total. The van der Waals surface area contributed by atoms with E-state index in [9.17, 15) is 0 Å². The number of aromatic nitrogens is 1. The molecular formula is C17H16Cl2N4. The summed E-state index contributed by atoms with van der Waals surface area (Å²) in [6.07, 6.45) is 1.75. The van der Waals surface area contributed by atoms with E-state index < -0.39 is 0 Å². The van der Waals surface area contributed by atoms with Crippen molar-refractivity contribution in [2.75, 3.05) is 29.9 Å². The molecular weight excluding hydrogens is 331 g/mol. The van der Waals surface area contributed by atoms with Crippen LogP contribution in [-0.4, -0.2) is 24.6 Å². The number of pyridine rings is 1. The number of nitrogens with one attached hydrogen (secondary N) is 1. The molecule has 1 aromatic carbocycles. The number of nitrogens with zero attached hydrogens (tertiary/aromatic N) is 2. The lowest BCUT2D eigenvalue weighted by molar-refractivity contribution is 0.780. The lowest BCUT2D eigenvalue weighted by atomic mass is 10.1. The van der Waals surface area contributed by atoms with Gasteiger partial charge >= 0.3 is 0 Å². The SMILES string of the molecule is NCC#Cc1cnc2c(c1)N(Cc1c(Cl)cccc1Cl)CCN2. The van der Waals surface area contributed by atoms with Crippen molar-refractivity contribution in [3.63, 3.8) is 0 Å². The third kappa shape index (κ3) is 3.53. The Labute approximate surface area is 145 Å². The molecule has 0 radical (unpaired) electrons. The molecule has 0 saturated carbocycles. The number of fused-ring (bicyclic) bond motifs is 1. The zero-order chi connectivity index (χ0) is 16.2. The lowest BCUT2D eigenvalue weighted by Gasteiger charge is -2.32. The fourth-order valence-electron chi connectivity index (χ4n) is 2.52. The Kier molecular flexibility index (Phi) is 4.92. The van der Waals surface area contributed by atoms with E-state index in [2.05, 4.69) is 27.0 Å². The van der Waals surface area contributed by atoms with E-state index in [1.165, 1.54) is 0 Å². The highest BCUT2D eigenvalue weighted by Crippen LogP contribution is 2.32. The summed E-state index contributed by atoms with van der Waals surface area (Å²) < 4.78 is 0. The number of halogens is 2. The van der Waals surface area contributed by atoms with Crippen LogP contribution in [0.15, 0.2) is 30.5 Å². The van der Waals surface area contributed by atoms with Crippen LogP contribution in [0.5, 0.6) is 0 Å². The van der Waals surface area contributed by atoms with Crippen LogP contribution in [0.25, 0.3) is 0 Å². The highest BCUT2D eigenvalue weighted by Gasteiger charge is 2.20. The highest BCUT2D eigenvalue weighted by atomic mass is 35.5. The fraction of sp³-hybridized carbons (Fsp3) is 0.235. The van der Waals surface area contributed by atoms with Crippen LogP contribution in [0.2, 0.25) is 10.0 Å². The number of rotatable bonds is 2. The summed E-state index contributed by atoms with van der Waals surface area (Å²) in [5.41, 5.74) is 8.19. The van der Waals surface area contributed by atoms with Crippen LogP contribution in [0.4, 0.5) is 11.5 Å². The summed E-state index contributed by atoms with van der Waals surface area (Å²) >= 11 is 12.6. The summed E-state index contributed by atoms with van der Waals surface area (Å²) in [5.74, 6) is 6.71. The Morgan fingerprint density at radius 2 is 2.09 bits per heavy atom. The van der Waals surface area contributed by atoms with Crippen LogP contribution in [0.1, 0.15) is 11.1 Å². The molecule has 2 aromatic rings. The van der Waals surface area contributed by atoms with Gasteiger partial charge < -0.3 is 16.0 Å². The van der Waals surface area contributed by atoms with Crippen LogP contribution in [0.3, 0.4) is 0 Å². The topological polar surface area (TPSA) is 54.2 Å². The maximum Gasteiger partial charge on any atom is 0.149 e. The van der Waals surface area contributed by atoms with Gasteiger partial charge in [-0.1, -0.05) is 41.1 Å². The number of nitrogens with two attached hydrogens (primary N) is 1. The van der Waals surface area contributed by atoms with Crippen molar-refractivity contribution >= 4 is 34.7 Å². The second kappa shape index (κ2) is 7.10. The maximum atomic E-state index is 6.30. The maximum absolute atomic E-state index is 6.30.